The molecule has 3 rings (SSSR count). The van der Waals surface area contributed by atoms with Gasteiger partial charge in [-0.15, -0.1) is 11.3 Å². The zero-order valence-corrected chi connectivity index (χ0v) is 12.5. The Kier molecular flexibility index (Phi) is 4.13. The molecule has 0 fully saturated rings. The summed E-state index contributed by atoms with van der Waals surface area (Å²) < 4.78 is 1.08. The number of carbonyl (C=O) groups excluding carboxylic acids is 1. The number of ketones is 1. The molecular formula is C18H17NOS. The maximum absolute atomic E-state index is 12.4. The minimum Gasteiger partial charge on any atom is -0.324 e. The van der Waals surface area contributed by atoms with Crippen molar-refractivity contribution < 1.29 is 4.79 Å². The van der Waals surface area contributed by atoms with Gasteiger partial charge in [-0.25, -0.2) is 0 Å². The second kappa shape index (κ2) is 6.20. The minimum atomic E-state index is -0.0855. The number of benzene rings is 2. The number of hydrogen-bond donors (Lipinski definition) is 1. The lowest BCUT2D eigenvalue weighted by Gasteiger charge is -2.11. The summed E-state index contributed by atoms with van der Waals surface area (Å²) in [5.41, 5.74) is 8.07. The quantitative estimate of drug-likeness (QED) is 0.701. The highest BCUT2D eigenvalue weighted by Gasteiger charge is 2.13. The van der Waals surface area contributed by atoms with Crippen molar-refractivity contribution in [3.8, 4) is 0 Å². The molecule has 0 saturated carbocycles. The fraction of sp³-hybridized carbons (Fsp3) is 0.167. The van der Waals surface area contributed by atoms with Crippen LogP contribution in [-0.4, -0.2) is 5.78 Å². The van der Waals surface area contributed by atoms with Crippen molar-refractivity contribution in [3.05, 3.63) is 71.1 Å². The predicted octanol–water partition coefficient (Wildman–Crippen LogP) is 4.56. The Morgan fingerprint density at radius 1 is 1.05 bits per heavy atom. The molecule has 1 aromatic heterocycles. The van der Waals surface area contributed by atoms with E-state index in [1.807, 2.05) is 60.0 Å². The molecule has 1 atom stereocenters. The van der Waals surface area contributed by atoms with Crippen molar-refractivity contribution in [1.82, 2.24) is 0 Å². The first kappa shape index (κ1) is 14.0. The van der Waals surface area contributed by atoms with Crippen LogP contribution in [0.2, 0.25) is 0 Å². The lowest BCUT2D eigenvalue weighted by atomic mass is 9.98. The minimum absolute atomic E-state index is 0.0855. The van der Waals surface area contributed by atoms with Gasteiger partial charge in [-0.2, -0.15) is 0 Å². The van der Waals surface area contributed by atoms with Gasteiger partial charge < -0.3 is 5.73 Å². The molecule has 0 aliphatic heterocycles. The van der Waals surface area contributed by atoms with Crippen molar-refractivity contribution >= 4 is 27.2 Å². The Morgan fingerprint density at radius 3 is 2.67 bits per heavy atom. The Labute approximate surface area is 128 Å². The smallest absolute Gasteiger partial charge is 0.164 e. The lowest BCUT2D eigenvalue weighted by Crippen LogP contribution is -2.12. The van der Waals surface area contributed by atoms with Gasteiger partial charge in [0.25, 0.3) is 0 Å². The van der Waals surface area contributed by atoms with E-state index in [2.05, 4.69) is 0 Å². The van der Waals surface area contributed by atoms with Crippen LogP contribution in [-0.2, 0) is 0 Å². The molecule has 2 N–H and O–H groups in total. The van der Waals surface area contributed by atoms with Gasteiger partial charge in [-0.05, 0) is 34.9 Å². The molecule has 1 heterocycles. The molecule has 2 aromatic carbocycles. The Hall–Kier alpha value is -1.97. The standard InChI is InChI=1S/C18H17NOS/c19-16(13-5-2-1-3-6-13)9-10-17(20)15-8-4-7-14-11-12-21-18(14)15/h1-8,11-12,16H,9-10,19H2. The molecule has 2 nitrogen and oxygen atoms in total. The van der Waals surface area contributed by atoms with E-state index in [4.69, 9.17) is 5.73 Å². The van der Waals surface area contributed by atoms with Crippen LogP contribution in [0.4, 0.5) is 0 Å². The van der Waals surface area contributed by atoms with Crippen LogP contribution in [0.15, 0.2) is 60.0 Å². The summed E-state index contributed by atoms with van der Waals surface area (Å²) in [5.74, 6) is 0.175. The summed E-state index contributed by atoms with van der Waals surface area (Å²) in [6, 6.07) is 17.8. The van der Waals surface area contributed by atoms with Crippen LogP contribution in [0.25, 0.3) is 10.1 Å². The summed E-state index contributed by atoms with van der Waals surface area (Å²) in [6.45, 7) is 0. The number of fused-ring (bicyclic) bond motifs is 1. The topological polar surface area (TPSA) is 43.1 Å². The van der Waals surface area contributed by atoms with E-state index in [0.29, 0.717) is 12.8 Å². The van der Waals surface area contributed by atoms with Gasteiger partial charge >= 0.3 is 0 Å². The molecule has 0 bridgehead atoms. The predicted molar refractivity (Wildman–Crippen MR) is 88.8 cm³/mol. The molecule has 0 radical (unpaired) electrons. The van der Waals surface area contributed by atoms with E-state index in [1.54, 1.807) is 11.3 Å². The SMILES string of the molecule is NC(CCC(=O)c1cccc2ccsc12)c1ccccc1. The molecule has 3 heteroatoms. The average molecular weight is 295 g/mol. The lowest BCUT2D eigenvalue weighted by molar-refractivity contribution is 0.0979. The number of Topliss-reactive ketones (excluding diaryl/α,β-unsaturated/α-hetero) is 1. The van der Waals surface area contributed by atoms with Crippen molar-refractivity contribution in [2.45, 2.75) is 18.9 Å². The van der Waals surface area contributed by atoms with Crippen LogP contribution < -0.4 is 5.73 Å². The van der Waals surface area contributed by atoms with Gasteiger partial charge in [-0.3, -0.25) is 4.79 Å². The van der Waals surface area contributed by atoms with E-state index in [9.17, 15) is 4.79 Å². The number of carbonyl (C=O) groups is 1. The van der Waals surface area contributed by atoms with E-state index < -0.39 is 0 Å². The summed E-state index contributed by atoms with van der Waals surface area (Å²) in [5, 5.41) is 3.16. The average Bonchev–Trinajstić information content (AvgIpc) is 3.01. The zero-order valence-electron chi connectivity index (χ0n) is 11.7. The first-order chi connectivity index (χ1) is 10.3. The first-order valence-electron chi connectivity index (χ1n) is 7.05. The monoisotopic (exact) mass is 295 g/mol. The molecule has 0 saturated heterocycles. The highest BCUT2D eigenvalue weighted by molar-refractivity contribution is 7.17. The van der Waals surface area contributed by atoms with Crippen molar-refractivity contribution in [2.75, 3.05) is 0 Å². The summed E-state index contributed by atoms with van der Waals surface area (Å²) in [7, 11) is 0. The van der Waals surface area contributed by atoms with Crippen molar-refractivity contribution in [1.29, 1.82) is 0 Å². The fourth-order valence-electron chi connectivity index (χ4n) is 2.50. The van der Waals surface area contributed by atoms with Gasteiger partial charge in [0.05, 0.1) is 0 Å². The van der Waals surface area contributed by atoms with Gasteiger partial charge in [-0.1, -0.05) is 42.5 Å². The molecule has 21 heavy (non-hydrogen) atoms. The molecular weight excluding hydrogens is 278 g/mol. The van der Waals surface area contributed by atoms with Crippen molar-refractivity contribution in [3.63, 3.8) is 0 Å². The van der Waals surface area contributed by atoms with Crippen LogP contribution in [0.5, 0.6) is 0 Å². The Bertz CT molecular complexity index is 748. The maximum Gasteiger partial charge on any atom is 0.164 e. The number of thiophene rings is 1. The third-order valence-corrected chi connectivity index (χ3v) is 4.65. The Balaban J connectivity index is 1.71. The van der Waals surface area contributed by atoms with Gasteiger partial charge in [0.15, 0.2) is 5.78 Å². The fourth-order valence-corrected chi connectivity index (χ4v) is 3.43. The molecule has 0 amide bonds. The summed E-state index contributed by atoms with van der Waals surface area (Å²) >= 11 is 1.62. The zero-order chi connectivity index (χ0) is 14.7. The van der Waals surface area contributed by atoms with Crippen LogP contribution in [0.1, 0.15) is 34.8 Å². The van der Waals surface area contributed by atoms with Crippen LogP contribution in [0, 0.1) is 0 Å². The third-order valence-electron chi connectivity index (χ3n) is 3.69. The number of hydrogen-bond acceptors (Lipinski definition) is 3. The second-order valence-electron chi connectivity index (χ2n) is 5.12. The highest BCUT2D eigenvalue weighted by Crippen LogP contribution is 2.26. The molecule has 0 aliphatic rings. The van der Waals surface area contributed by atoms with Crippen molar-refractivity contribution in [2.24, 2.45) is 5.73 Å². The first-order valence-corrected chi connectivity index (χ1v) is 7.93. The molecule has 1 unspecified atom stereocenters. The normalized spacial score (nSPS) is 12.4. The number of rotatable bonds is 5. The Morgan fingerprint density at radius 2 is 1.86 bits per heavy atom. The molecule has 3 aromatic rings. The third kappa shape index (κ3) is 3.04. The largest absolute Gasteiger partial charge is 0.324 e. The summed E-state index contributed by atoms with van der Waals surface area (Å²) in [4.78, 5) is 12.4. The van der Waals surface area contributed by atoms with E-state index >= 15 is 0 Å². The van der Waals surface area contributed by atoms with Gasteiger partial charge in [0.2, 0.25) is 0 Å². The second-order valence-corrected chi connectivity index (χ2v) is 6.04. The van der Waals surface area contributed by atoms with Crippen LogP contribution in [0.3, 0.4) is 0 Å². The van der Waals surface area contributed by atoms with E-state index in [-0.39, 0.29) is 11.8 Å². The van der Waals surface area contributed by atoms with E-state index in [0.717, 1.165) is 21.2 Å². The maximum atomic E-state index is 12.4. The van der Waals surface area contributed by atoms with E-state index in [1.165, 1.54) is 0 Å². The molecule has 106 valence electrons. The molecule has 0 aliphatic carbocycles. The molecule has 0 spiro atoms. The summed E-state index contributed by atoms with van der Waals surface area (Å²) in [6.07, 6.45) is 1.15. The van der Waals surface area contributed by atoms with Gasteiger partial charge in [0, 0.05) is 22.7 Å². The van der Waals surface area contributed by atoms with Crippen LogP contribution >= 0.6 is 11.3 Å². The highest BCUT2D eigenvalue weighted by atomic mass is 32.1. The number of nitrogens with two attached hydrogens (primary N) is 1. The van der Waals surface area contributed by atoms with Gasteiger partial charge in [0.1, 0.15) is 0 Å².